The van der Waals surface area contributed by atoms with Crippen LogP contribution in [0.1, 0.15) is 11.1 Å². The van der Waals surface area contributed by atoms with E-state index in [4.69, 9.17) is 10.4 Å². The van der Waals surface area contributed by atoms with Gasteiger partial charge in [0.1, 0.15) is 5.82 Å². The summed E-state index contributed by atoms with van der Waals surface area (Å²) in [6, 6.07) is 6.25. The standard InChI is InChI=1S/C14H16FN3O2/c15-13-2-1-11(12(7-13)8-16)9-17-3-5-18(6-4-17)10-14(19)20/h1-2,7H,3-6,9-10H2,(H,19,20). The van der Waals surface area contributed by atoms with Gasteiger partial charge in [-0.25, -0.2) is 4.39 Å². The number of aliphatic carboxylic acids is 1. The number of halogens is 1. The Morgan fingerprint density at radius 2 is 1.95 bits per heavy atom. The molecular formula is C14H16FN3O2. The summed E-state index contributed by atoms with van der Waals surface area (Å²) in [5.41, 5.74) is 1.17. The van der Waals surface area contributed by atoms with Gasteiger partial charge in [-0.05, 0) is 17.7 Å². The molecule has 106 valence electrons. The van der Waals surface area contributed by atoms with Crippen molar-refractivity contribution in [3.8, 4) is 6.07 Å². The first-order chi connectivity index (χ1) is 9.58. The number of piperazine rings is 1. The number of nitriles is 1. The molecule has 0 radical (unpaired) electrons. The molecule has 1 saturated heterocycles. The van der Waals surface area contributed by atoms with E-state index < -0.39 is 11.8 Å². The van der Waals surface area contributed by atoms with Crippen LogP contribution >= 0.6 is 0 Å². The minimum Gasteiger partial charge on any atom is -0.480 e. The Bertz CT molecular complexity index is 534. The summed E-state index contributed by atoms with van der Waals surface area (Å²) in [7, 11) is 0. The molecule has 0 saturated carbocycles. The first kappa shape index (κ1) is 14.4. The molecule has 5 nitrogen and oxygen atoms in total. The average Bonchev–Trinajstić information content (AvgIpc) is 2.42. The van der Waals surface area contributed by atoms with Gasteiger partial charge in [0.05, 0.1) is 18.2 Å². The topological polar surface area (TPSA) is 67.6 Å². The summed E-state index contributed by atoms with van der Waals surface area (Å²) in [4.78, 5) is 14.7. The molecule has 1 fully saturated rings. The number of rotatable bonds is 4. The Balaban J connectivity index is 1.93. The van der Waals surface area contributed by atoms with Gasteiger partial charge >= 0.3 is 5.97 Å². The molecule has 0 unspecified atom stereocenters. The zero-order valence-corrected chi connectivity index (χ0v) is 11.0. The van der Waals surface area contributed by atoms with E-state index in [9.17, 15) is 9.18 Å². The molecule has 6 heteroatoms. The highest BCUT2D eigenvalue weighted by atomic mass is 19.1. The molecule has 20 heavy (non-hydrogen) atoms. The van der Waals surface area contributed by atoms with Crippen LogP contribution in [0.5, 0.6) is 0 Å². The van der Waals surface area contributed by atoms with E-state index in [2.05, 4.69) is 4.90 Å². The van der Waals surface area contributed by atoms with Crippen LogP contribution in [0.25, 0.3) is 0 Å². The van der Waals surface area contributed by atoms with Gasteiger partial charge in [0.25, 0.3) is 0 Å². The second-order valence-corrected chi connectivity index (χ2v) is 4.86. The lowest BCUT2D eigenvalue weighted by molar-refractivity contribution is -0.138. The number of carboxylic acids is 1. The summed E-state index contributed by atoms with van der Waals surface area (Å²) in [5, 5.41) is 17.7. The van der Waals surface area contributed by atoms with E-state index >= 15 is 0 Å². The van der Waals surface area contributed by atoms with Gasteiger partial charge in [0, 0.05) is 32.7 Å². The van der Waals surface area contributed by atoms with Crippen molar-refractivity contribution in [1.82, 2.24) is 9.80 Å². The van der Waals surface area contributed by atoms with Crippen LogP contribution in [-0.2, 0) is 11.3 Å². The van der Waals surface area contributed by atoms with Crippen molar-refractivity contribution >= 4 is 5.97 Å². The molecule has 0 amide bonds. The van der Waals surface area contributed by atoms with Gasteiger partial charge in [-0.15, -0.1) is 0 Å². The van der Waals surface area contributed by atoms with Gasteiger partial charge in [-0.2, -0.15) is 5.26 Å². The molecule has 0 atom stereocenters. The minimum absolute atomic E-state index is 0.0633. The van der Waals surface area contributed by atoms with Crippen LogP contribution in [0.2, 0.25) is 0 Å². The number of benzene rings is 1. The maximum Gasteiger partial charge on any atom is 0.317 e. The van der Waals surface area contributed by atoms with Crippen LogP contribution in [0.15, 0.2) is 18.2 Å². The zero-order chi connectivity index (χ0) is 14.5. The fraction of sp³-hybridized carbons (Fsp3) is 0.429. The number of carboxylic acid groups (broad SMARTS) is 1. The second kappa shape index (κ2) is 6.46. The fourth-order valence-electron chi connectivity index (χ4n) is 2.33. The lowest BCUT2D eigenvalue weighted by Crippen LogP contribution is -2.47. The highest BCUT2D eigenvalue weighted by Crippen LogP contribution is 2.14. The first-order valence-corrected chi connectivity index (χ1v) is 6.43. The van der Waals surface area contributed by atoms with Crippen LogP contribution < -0.4 is 0 Å². The van der Waals surface area contributed by atoms with Crippen LogP contribution in [0.4, 0.5) is 4.39 Å². The third-order valence-corrected chi connectivity index (χ3v) is 3.41. The highest BCUT2D eigenvalue weighted by molar-refractivity contribution is 5.69. The Hall–Kier alpha value is -1.97. The van der Waals surface area contributed by atoms with Crippen molar-refractivity contribution in [2.45, 2.75) is 6.54 Å². The van der Waals surface area contributed by atoms with Crippen LogP contribution in [0.3, 0.4) is 0 Å². The maximum absolute atomic E-state index is 13.1. The highest BCUT2D eigenvalue weighted by Gasteiger charge is 2.19. The summed E-state index contributed by atoms with van der Waals surface area (Å²) in [6.45, 7) is 3.52. The molecular weight excluding hydrogens is 261 g/mol. The third-order valence-electron chi connectivity index (χ3n) is 3.41. The summed E-state index contributed by atoms with van der Waals surface area (Å²) in [6.07, 6.45) is 0. The molecule has 0 aromatic heterocycles. The van der Waals surface area contributed by atoms with E-state index in [1.165, 1.54) is 12.1 Å². The minimum atomic E-state index is -0.816. The summed E-state index contributed by atoms with van der Waals surface area (Å²) >= 11 is 0. The monoisotopic (exact) mass is 277 g/mol. The molecule has 1 N–H and O–H groups in total. The summed E-state index contributed by atoms with van der Waals surface area (Å²) in [5.74, 6) is -1.22. The van der Waals surface area contributed by atoms with Crippen molar-refractivity contribution in [3.63, 3.8) is 0 Å². The van der Waals surface area contributed by atoms with Crippen molar-refractivity contribution < 1.29 is 14.3 Å². The smallest absolute Gasteiger partial charge is 0.317 e. The molecule has 1 aromatic rings. The molecule has 0 aliphatic carbocycles. The van der Waals surface area contributed by atoms with Crippen molar-refractivity contribution in [2.75, 3.05) is 32.7 Å². The third kappa shape index (κ3) is 3.76. The van der Waals surface area contributed by atoms with E-state index in [-0.39, 0.29) is 6.54 Å². The summed E-state index contributed by atoms with van der Waals surface area (Å²) < 4.78 is 13.1. The second-order valence-electron chi connectivity index (χ2n) is 4.86. The van der Waals surface area contributed by atoms with E-state index in [0.717, 1.165) is 18.7 Å². The molecule has 2 rings (SSSR count). The largest absolute Gasteiger partial charge is 0.480 e. The van der Waals surface area contributed by atoms with Crippen molar-refractivity contribution in [1.29, 1.82) is 5.26 Å². The lowest BCUT2D eigenvalue weighted by Gasteiger charge is -2.33. The lowest BCUT2D eigenvalue weighted by atomic mass is 10.1. The van der Waals surface area contributed by atoms with Crippen LogP contribution in [0, 0.1) is 17.1 Å². The number of carbonyl (C=O) groups is 1. The molecule has 0 spiro atoms. The Morgan fingerprint density at radius 3 is 2.55 bits per heavy atom. The van der Waals surface area contributed by atoms with E-state index in [1.807, 2.05) is 11.0 Å². The van der Waals surface area contributed by atoms with Gasteiger partial charge in [0.2, 0.25) is 0 Å². The normalized spacial score (nSPS) is 16.8. The predicted octanol–water partition coefficient (Wildman–Crippen LogP) is 0.900. The van der Waals surface area contributed by atoms with Gasteiger partial charge in [-0.1, -0.05) is 6.07 Å². The van der Waals surface area contributed by atoms with Crippen molar-refractivity contribution in [3.05, 3.63) is 35.1 Å². The predicted molar refractivity (Wildman–Crippen MR) is 70.5 cm³/mol. The van der Waals surface area contributed by atoms with Gasteiger partial charge in [0.15, 0.2) is 0 Å². The number of hydrogen-bond donors (Lipinski definition) is 1. The molecule has 1 aliphatic heterocycles. The molecule has 0 bridgehead atoms. The van der Waals surface area contributed by atoms with E-state index in [0.29, 0.717) is 25.2 Å². The first-order valence-electron chi connectivity index (χ1n) is 6.43. The quantitative estimate of drug-likeness (QED) is 0.885. The Kier molecular flexibility index (Phi) is 4.66. The van der Waals surface area contributed by atoms with E-state index in [1.54, 1.807) is 6.07 Å². The molecule has 1 aliphatic rings. The zero-order valence-electron chi connectivity index (χ0n) is 11.0. The van der Waals surface area contributed by atoms with Crippen molar-refractivity contribution in [2.24, 2.45) is 0 Å². The van der Waals surface area contributed by atoms with Gasteiger partial charge < -0.3 is 5.11 Å². The molecule has 1 heterocycles. The maximum atomic E-state index is 13.1. The SMILES string of the molecule is N#Cc1cc(F)ccc1CN1CCN(CC(=O)O)CC1. The van der Waals surface area contributed by atoms with Crippen LogP contribution in [-0.4, -0.2) is 53.6 Å². The molecule has 1 aromatic carbocycles. The van der Waals surface area contributed by atoms with Gasteiger partial charge in [-0.3, -0.25) is 14.6 Å². The number of nitrogens with zero attached hydrogens (tertiary/aromatic N) is 3. The fourth-order valence-corrected chi connectivity index (χ4v) is 2.33. The average molecular weight is 277 g/mol. The Morgan fingerprint density at radius 1 is 1.30 bits per heavy atom. The number of hydrogen-bond acceptors (Lipinski definition) is 4. The Labute approximate surface area is 116 Å².